The second-order valence-corrected chi connectivity index (χ2v) is 11.1. The number of aromatic nitrogens is 1. The van der Waals surface area contributed by atoms with Gasteiger partial charge in [-0.25, -0.2) is 13.2 Å². The van der Waals surface area contributed by atoms with Crippen LogP contribution in [-0.2, 0) is 10.0 Å². The van der Waals surface area contributed by atoms with E-state index in [9.17, 15) is 18.3 Å². The lowest BCUT2D eigenvalue weighted by Crippen LogP contribution is -2.29. The van der Waals surface area contributed by atoms with E-state index in [4.69, 9.17) is 16.6 Å². The van der Waals surface area contributed by atoms with Crippen molar-refractivity contribution in [2.24, 2.45) is 0 Å². The molecule has 1 saturated heterocycles. The number of hydrogen-bond donors (Lipinski definition) is 3. The number of aryl methyl sites for hydroxylation is 1. The number of carboxylic acid groups (broad SMARTS) is 1. The Balaban J connectivity index is 1.58. The van der Waals surface area contributed by atoms with Crippen LogP contribution in [0.25, 0.3) is 11.3 Å². The smallest absolute Gasteiger partial charge is 0.335 e. The van der Waals surface area contributed by atoms with Crippen molar-refractivity contribution < 1.29 is 22.7 Å². The van der Waals surface area contributed by atoms with E-state index in [2.05, 4.69) is 15.0 Å². The van der Waals surface area contributed by atoms with Crippen LogP contribution in [0.5, 0.6) is 0 Å². The highest BCUT2D eigenvalue weighted by molar-refractivity contribution is 7.92. The second kappa shape index (κ2) is 9.92. The Kier molecular flexibility index (Phi) is 6.64. The lowest BCUT2D eigenvalue weighted by atomic mass is 10.0. The number of carbonyl (C=O) groups is 1. The van der Waals surface area contributed by atoms with Gasteiger partial charge < -0.3 is 19.7 Å². The molecule has 5 rings (SSSR count). The number of rotatable bonds is 7. The van der Waals surface area contributed by atoms with Crippen LogP contribution in [0.2, 0.25) is 0 Å². The molecular formula is C27H24N4O5S2. The molecule has 11 heteroatoms. The summed E-state index contributed by atoms with van der Waals surface area (Å²) in [7, 11) is -3.43. The Hall–Kier alpha value is -4.22. The molecule has 0 amide bonds. The Morgan fingerprint density at radius 3 is 2.61 bits per heavy atom. The van der Waals surface area contributed by atoms with Crippen molar-refractivity contribution in [1.82, 2.24) is 10.3 Å². The number of anilines is 2. The van der Waals surface area contributed by atoms with Gasteiger partial charge in [-0.05, 0) is 79.3 Å². The minimum absolute atomic E-state index is 0.162. The van der Waals surface area contributed by atoms with Crippen molar-refractivity contribution in [2.45, 2.75) is 19.0 Å². The molecule has 1 aliphatic heterocycles. The fraction of sp³-hybridized carbons (Fsp3) is 0.148. The highest BCUT2D eigenvalue weighted by atomic mass is 32.2. The number of nitrogens with zero attached hydrogens (tertiary/aromatic N) is 2. The molecule has 0 radical (unpaired) electrons. The van der Waals surface area contributed by atoms with Gasteiger partial charge in [0.05, 0.1) is 29.2 Å². The third-order valence-electron chi connectivity index (χ3n) is 6.19. The summed E-state index contributed by atoms with van der Waals surface area (Å²) in [6, 6.07) is 20.4. The molecule has 0 aliphatic carbocycles. The predicted molar refractivity (Wildman–Crippen MR) is 149 cm³/mol. The minimum Gasteiger partial charge on any atom is -0.478 e. The molecule has 9 nitrogen and oxygen atoms in total. The van der Waals surface area contributed by atoms with Crippen molar-refractivity contribution in [3.8, 4) is 11.3 Å². The summed E-state index contributed by atoms with van der Waals surface area (Å²) in [5.74, 6) is 0.0961. The molecule has 2 aromatic heterocycles. The number of sulfonamides is 1. The van der Waals surface area contributed by atoms with Crippen molar-refractivity contribution in [3.05, 3.63) is 102 Å². The van der Waals surface area contributed by atoms with Gasteiger partial charge >= 0.3 is 5.97 Å². The summed E-state index contributed by atoms with van der Waals surface area (Å²) in [6.45, 7) is 1.81. The quantitative estimate of drug-likeness (QED) is 0.277. The van der Waals surface area contributed by atoms with E-state index in [1.807, 2.05) is 42.2 Å². The first-order valence-electron chi connectivity index (χ1n) is 11.6. The number of thiocarbonyl (C=S) groups is 1. The molecule has 0 saturated carbocycles. The summed E-state index contributed by atoms with van der Waals surface area (Å²) < 4.78 is 32.3. The highest BCUT2D eigenvalue weighted by Gasteiger charge is 2.42. The average molecular weight is 549 g/mol. The SMILES string of the molecule is Cc1cc(N2C(=S)N[C@@H](c3ccccn3)[C@H]2c2ccc(-c3cccc(C(=O)O)c3)o2)ccc1NS(C)(=O)=O. The summed E-state index contributed by atoms with van der Waals surface area (Å²) in [4.78, 5) is 17.9. The van der Waals surface area contributed by atoms with Crippen LogP contribution in [-0.4, -0.2) is 35.8 Å². The lowest BCUT2D eigenvalue weighted by Gasteiger charge is -2.26. The van der Waals surface area contributed by atoms with Gasteiger partial charge in [-0.3, -0.25) is 9.71 Å². The topological polar surface area (TPSA) is 125 Å². The van der Waals surface area contributed by atoms with Gasteiger partial charge in [0.15, 0.2) is 5.11 Å². The standard InChI is InChI=1S/C27H24N4O5S2/c1-16-14-19(9-10-20(16)30-38(2,34)35)31-25(24(29-27(31)37)21-8-3-4-13-28-21)23-12-11-22(36-23)17-6-5-7-18(15-17)26(32)33/h3-15,24-25,30H,1-2H3,(H,29,37)(H,32,33)/t24-,25+/m0/s1. The van der Waals surface area contributed by atoms with Crippen molar-refractivity contribution in [1.29, 1.82) is 0 Å². The van der Waals surface area contributed by atoms with Gasteiger partial charge in [-0.2, -0.15) is 0 Å². The molecule has 2 aromatic carbocycles. The van der Waals surface area contributed by atoms with E-state index < -0.39 is 22.0 Å². The third kappa shape index (κ3) is 5.11. The van der Waals surface area contributed by atoms with E-state index in [1.54, 1.807) is 42.6 Å². The number of nitrogens with one attached hydrogen (secondary N) is 2. The minimum atomic E-state index is -3.43. The molecular weight excluding hydrogens is 524 g/mol. The molecule has 2 atom stereocenters. The number of aromatic carboxylic acids is 1. The molecule has 194 valence electrons. The van der Waals surface area contributed by atoms with Crippen molar-refractivity contribution in [2.75, 3.05) is 15.9 Å². The Labute approximate surface area is 225 Å². The maximum atomic E-state index is 11.8. The molecule has 0 spiro atoms. The lowest BCUT2D eigenvalue weighted by molar-refractivity contribution is 0.0697. The van der Waals surface area contributed by atoms with Crippen LogP contribution >= 0.6 is 12.2 Å². The first-order chi connectivity index (χ1) is 18.1. The number of furan rings is 1. The first-order valence-corrected chi connectivity index (χ1v) is 13.9. The van der Waals surface area contributed by atoms with E-state index in [1.165, 1.54) is 6.07 Å². The molecule has 1 aliphatic rings. The average Bonchev–Trinajstić information content (AvgIpc) is 3.50. The van der Waals surface area contributed by atoms with Gasteiger partial charge in [0.25, 0.3) is 0 Å². The molecule has 0 unspecified atom stereocenters. The van der Waals surface area contributed by atoms with Crippen LogP contribution in [0.1, 0.15) is 39.5 Å². The van der Waals surface area contributed by atoms with Crippen LogP contribution in [0.4, 0.5) is 11.4 Å². The number of carboxylic acids is 1. The Morgan fingerprint density at radius 1 is 1.11 bits per heavy atom. The van der Waals surface area contributed by atoms with Gasteiger partial charge in [0.2, 0.25) is 10.0 Å². The fourth-order valence-electron chi connectivity index (χ4n) is 4.51. The summed E-state index contributed by atoms with van der Waals surface area (Å²) in [5.41, 5.74) is 3.51. The highest BCUT2D eigenvalue weighted by Crippen LogP contribution is 2.43. The maximum absolute atomic E-state index is 11.8. The fourth-order valence-corrected chi connectivity index (χ4v) is 5.48. The molecule has 4 aromatic rings. The van der Waals surface area contributed by atoms with E-state index in [0.29, 0.717) is 27.9 Å². The van der Waals surface area contributed by atoms with Gasteiger partial charge in [0, 0.05) is 17.4 Å². The largest absolute Gasteiger partial charge is 0.478 e. The van der Waals surface area contributed by atoms with Crippen molar-refractivity contribution in [3.63, 3.8) is 0 Å². The van der Waals surface area contributed by atoms with Crippen LogP contribution in [0.3, 0.4) is 0 Å². The summed E-state index contributed by atoms with van der Waals surface area (Å²) >= 11 is 5.76. The number of pyridine rings is 1. The Bertz CT molecular complexity index is 1640. The monoisotopic (exact) mass is 548 g/mol. The van der Waals surface area contributed by atoms with E-state index in [-0.39, 0.29) is 11.6 Å². The molecule has 0 bridgehead atoms. The summed E-state index contributed by atoms with van der Waals surface area (Å²) in [5, 5.41) is 13.2. The molecule has 1 fully saturated rings. The zero-order valence-electron chi connectivity index (χ0n) is 20.5. The molecule has 3 heterocycles. The molecule has 3 N–H and O–H groups in total. The third-order valence-corrected chi connectivity index (χ3v) is 7.10. The van der Waals surface area contributed by atoms with Crippen LogP contribution in [0, 0.1) is 6.92 Å². The summed E-state index contributed by atoms with van der Waals surface area (Å²) in [6.07, 6.45) is 2.81. The van der Waals surface area contributed by atoms with Crippen LogP contribution in [0.15, 0.2) is 83.4 Å². The van der Waals surface area contributed by atoms with E-state index in [0.717, 1.165) is 23.2 Å². The van der Waals surface area contributed by atoms with E-state index >= 15 is 0 Å². The van der Waals surface area contributed by atoms with Gasteiger partial charge in [-0.15, -0.1) is 0 Å². The van der Waals surface area contributed by atoms with Crippen molar-refractivity contribution >= 4 is 44.7 Å². The molecule has 38 heavy (non-hydrogen) atoms. The number of benzene rings is 2. The van der Waals surface area contributed by atoms with Gasteiger partial charge in [-0.1, -0.05) is 18.2 Å². The maximum Gasteiger partial charge on any atom is 0.335 e. The first kappa shape index (κ1) is 25.4. The second-order valence-electron chi connectivity index (χ2n) is 8.96. The van der Waals surface area contributed by atoms with Crippen LogP contribution < -0.4 is 14.9 Å². The normalized spacial score (nSPS) is 17.3. The zero-order chi connectivity index (χ0) is 27.0. The van der Waals surface area contributed by atoms with Gasteiger partial charge in [0.1, 0.15) is 17.6 Å². The zero-order valence-corrected chi connectivity index (χ0v) is 22.1. The predicted octanol–water partition coefficient (Wildman–Crippen LogP) is 4.90. The number of hydrogen-bond acceptors (Lipinski definition) is 6. The Morgan fingerprint density at radius 2 is 1.92 bits per heavy atom.